The van der Waals surface area contributed by atoms with Gasteiger partial charge in [-0.2, -0.15) is 0 Å². The number of fused-ring (bicyclic) bond motifs is 2. The topological polar surface area (TPSA) is 48.6 Å². The van der Waals surface area contributed by atoms with Crippen LogP contribution in [-0.4, -0.2) is 104 Å². The van der Waals surface area contributed by atoms with Crippen molar-refractivity contribution in [2.24, 2.45) is 0 Å². The predicted molar refractivity (Wildman–Crippen MR) is 167 cm³/mol. The van der Waals surface area contributed by atoms with Crippen LogP contribution in [0.25, 0.3) is 21.0 Å². The molecule has 1 saturated heterocycles. The Hall–Kier alpha value is -2.38. The van der Waals surface area contributed by atoms with Gasteiger partial charge in [-0.25, -0.2) is 0 Å². The molecule has 0 saturated carbocycles. The van der Waals surface area contributed by atoms with E-state index in [1.54, 1.807) is 11.3 Å². The Labute approximate surface area is 235 Å². The van der Waals surface area contributed by atoms with Gasteiger partial charge in [-0.1, -0.05) is 33.4 Å². The monoisotopic (exact) mass is 503 g/mol. The first-order chi connectivity index (χ1) is 18.2. The lowest BCUT2D eigenvalue weighted by atomic mass is 9.68. The van der Waals surface area contributed by atoms with Crippen LogP contribution in [0.3, 0.4) is 0 Å². The molecule has 0 bridgehead atoms. The summed E-state index contributed by atoms with van der Waals surface area (Å²) < 4.78 is 7.00. The number of aromatic amines is 1. The Morgan fingerprint density at radius 2 is 1.58 bits per heavy atom. The number of piperazine rings is 1. The number of anilines is 1. The van der Waals surface area contributed by atoms with Crippen LogP contribution in [0.2, 0.25) is 0 Å². The number of hydrogen-bond acceptors (Lipinski definition) is 5. The molecule has 38 heavy (non-hydrogen) atoms. The zero-order valence-electron chi connectivity index (χ0n) is 21.0. The highest BCUT2D eigenvalue weighted by Gasteiger charge is 2.21. The molecular formula is C25H20B7N3O2S. The molecule has 0 amide bonds. The smallest absolute Gasteiger partial charge is 0.240 e. The highest BCUT2D eigenvalue weighted by atomic mass is 32.1. The average Bonchev–Trinajstić information content (AvgIpc) is 3.38. The van der Waals surface area contributed by atoms with Gasteiger partial charge in [-0.3, -0.25) is 9.69 Å². The number of nitrogens with one attached hydrogen (secondary N) is 1. The summed E-state index contributed by atoms with van der Waals surface area (Å²) in [6, 6.07) is 3.96. The number of ether oxygens (including phenoxy) is 1. The SMILES string of the molecule is [B]c1cc([B])c2sccc2c1N1CCN(CCCCOc2c([B])c([B])c3c([B])c([B])c(=O)[nH]c3c2[B])CC1. The Kier molecular flexibility index (Phi) is 7.88. The van der Waals surface area contributed by atoms with E-state index < -0.39 is 5.56 Å². The second-order valence-electron chi connectivity index (χ2n) is 9.55. The van der Waals surface area contributed by atoms with Crippen molar-refractivity contribution in [3.63, 3.8) is 0 Å². The lowest BCUT2D eigenvalue weighted by Crippen LogP contribution is -2.48. The molecule has 2 aromatic heterocycles. The van der Waals surface area contributed by atoms with E-state index in [1.807, 2.05) is 6.07 Å². The lowest BCUT2D eigenvalue weighted by Gasteiger charge is -2.37. The lowest BCUT2D eigenvalue weighted by molar-refractivity contribution is 0.239. The van der Waals surface area contributed by atoms with Gasteiger partial charge in [0.05, 0.1) is 6.61 Å². The highest BCUT2D eigenvalue weighted by Crippen LogP contribution is 2.28. The summed E-state index contributed by atoms with van der Waals surface area (Å²) in [5.41, 5.74) is 2.69. The fourth-order valence-corrected chi connectivity index (χ4v) is 5.95. The van der Waals surface area contributed by atoms with Gasteiger partial charge >= 0.3 is 0 Å². The third-order valence-electron chi connectivity index (χ3n) is 7.18. The van der Waals surface area contributed by atoms with Crippen LogP contribution < -0.4 is 53.4 Å². The number of benzene rings is 2. The Bertz CT molecular complexity index is 1580. The summed E-state index contributed by atoms with van der Waals surface area (Å²) in [6.45, 7) is 5.00. The Morgan fingerprint density at radius 3 is 2.32 bits per heavy atom. The van der Waals surface area contributed by atoms with Crippen LogP contribution in [0.4, 0.5) is 5.69 Å². The van der Waals surface area contributed by atoms with Crippen LogP contribution in [-0.2, 0) is 0 Å². The summed E-state index contributed by atoms with van der Waals surface area (Å²) >= 11 is 1.64. The van der Waals surface area contributed by atoms with Gasteiger partial charge in [0.15, 0.2) is 0 Å². The molecule has 5 rings (SSSR count). The van der Waals surface area contributed by atoms with E-state index in [1.165, 1.54) is 0 Å². The molecule has 0 unspecified atom stereocenters. The molecule has 0 spiro atoms. The third-order valence-corrected chi connectivity index (χ3v) is 8.14. The van der Waals surface area contributed by atoms with E-state index in [9.17, 15) is 4.79 Å². The largest absolute Gasteiger partial charge is 0.495 e. The fraction of sp³-hybridized carbons (Fsp3) is 0.320. The minimum absolute atomic E-state index is 0.0464. The molecule has 5 nitrogen and oxygen atoms in total. The molecule has 3 heterocycles. The van der Waals surface area contributed by atoms with Gasteiger partial charge in [-0.15, -0.1) is 11.3 Å². The molecule has 1 aliphatic rings. The van der Waals surface area contributed by atoms with Crippen LogP contribution in [0.1, 0.15) is 12.8 Å². The fourth-order valence-electron chi connectivity index (χ4n) is 5.12. The van der Waals surface area contributed by atoms with E-state index in [0.717, 1.165) is 72.3 Å². The standard InChI is InChI=1S/C25H20B7N3O2S/c26-13-11-14(27)24-12(3-10-38-24)22(13)35-7-5-34(6-8-35)4-1-2-9-37-23-18(30)16(28)15-17(29)19(31)25(36)33-21(15)20(23)32/h3,10-11H,1-2,4-9H2,(H,33,36). The van der Waals surface area contributed by atoms with E-state index >= 15 is 0 Å². The maximum absolute atomic E-state index is 12.1. The zero-order valence-corrected chi connectivity index (χ0v) is 21.9. The van der Waals surface area contributed by atoms with Gasteiger partial charge in [0.25, 0.3) is 0 Å². The predicted octanol–water partition coefficient (Wildman–Crippen LogP) is -3.72. The first-order valence-electron chi connectivity index (χ1n) is 12.4. The highest BCUT2D eigenvalue weighted by molar-refractivity contribution is 7.18. The zero-order chi connectivity index (χ0) is 27.1. The molecule has 2 aromatic carbocycles. The number of pyridine rings is 1. The van der Waals surface area contributed by atoms with Crippen molar-refractivity contribution < 1.29 is 4.74 Å². The molecule has 1 N–H and O–H groups in total. The summed E-state index contributed by atoms with van der Waals surface area (Å²) in [6.07, 6.45) is 1.72. The maximum Gasteiger partial charge on any atom is 0.240 e. The van der Waals surface area contributed by atoms with E-state index in [-0.39, 0.29) is 38.6 Å². The summed E-state index contributed by atoms with van der Waals surface area (Å²) in [5.74, 6) is 0.240. The second kappa shape index (κ2) is 11.0. The molecular weight excluding hydrogens is 482 g/mol. The van der Waals surface area contributed by atoms with Gasteiger partial charge in [0.2, 0.25) is 5.56 Å². The molecule has 174 valence electrons. The quantitative estimate of drug-likeness (QED) is 0.209. The summed E-state index contributed by atoms with van der Waals surface area (Å²) in [7, 11) is 42.9. The van der Waals surface area contributed by atoms with Crippen molar-refractivity contribution in [1.82, 2.24) is 9.88 Å². The summed E-state index contributed by atoms with van der Waals surface area (Å²) in [4.78, 5) is 19.5. The molecule has 4 aromatic rings. The summed E-state index contributed by atoms with van der Waals surface area (Å²) in [5, 5.41) is 3.51. The van der Waals surface area contributed by atoms with Gasteiger partial charge in [0.1, 0.15) is 60.7 Å². The van der Waals surface area contributed by atoms with E-state index in [0.29, 0.717) is 12.0 Å². The molecule has 0 aliphatic carbocycles. The first-order valence-corrected chi connectivity index (χ1v) is 13.3. The van der Waals surface area contributed by atoms with Gasteiger partial charge in [-0.05, 0) is 47.1 Å². The number of thiophene rings is 1. The van der Waals surface area contributed by atoms with Crippen molar-refractivity contribution in [2.75, 3.05) is 44.2 Å². The van der Waals surface area contributed by atoms with Gasteiger partial charge < -0.3 is 14.6 Å². The molecule has 13 heteroatoms. The number of nitrogens with zero attached hydrogens (tertiary/aromatic N) is 2. The Morgan fingerprint density at radius 1 is 0.868 bits per heavy atom. The number of H-pyrrole nitrogens is 1. The maximum atomic E-state index is 12.1. The van der Waals surface area contributed by atoms with Crippen molar-refractivity contribution in [3.8, 4) is 5.75 Å². The van der Waals surface area contributed by atoms with Crippen LogP contribution in [0.15, 0.2) is 22.3 Å². The van der Waals surface area contributed by atoms with Crippen molar-refractivity contribution >= 4 is 131 Å². The minimum atomic E-state index is -0.546. The van der Waals surface area contributed by atoms with Crippen LogP contribution in [0.5, 0.6) is 5.75 Å². The van der Waals surface area contributed by atoms with Crippen LogP contribution >= 0.6 is 11.3 Å². The van der Waals surface area contributed by atoms with E-state index in [4.69, 9.17) is 59.7 Å². The molecule has 1 aliphatic heterocycles. The average molecular weight is 502 g/mol. The third kappa shape index (κ3) is 4.88. The molecule has 0 atom stereocenters. The van der Waals surface area contributed by atoms with Crippen molar-refractivity contribution in [2.45, 2.75) is 12.8 Å². The number of hydrogen-bond donors (Lipinski definition) is 1. The number of rotatable bonds is 7. The normalized spacial score (nSPS) is 14.5. The van der Waals surface area contributed by atoms with Gasteiger partial charge in [0, 0.05) is 47.5 Å². The molecule has 1 fully saturated rings. The van der Waals surface area contributed by atoms with Crippen molar-refractivity contribution in [1.29, 1.82) is 0 Å². The number of unbranched alkanes of at least 4 members (excludes halogenated alkanes) is 1. The second-order valence-corrected chi connectivity index (χ2v) is 10.5. The first kappa shape index (κ1) is 27.2. The van der Waals surface area contributed by atoms with Crippen molar-refractivity contribution in [3.05, 3.63) is 27.9 Å². The number of aromatic nitrogens is 1. The Balaban J connectivity index is 1.16. The van der Waals surface area contributed by atoms with E-state index in [2.05, 4.69) is 26.2 Å². The molecule has 14 radical (unpaired) electrons. The minimum Gasteiger partial charge on any atom is -0.495 e. The van der Waals surface area contributed by atoms with Crippen LogP contribution in [0, 0.1) is 0 Å².